The third-order valence-electron chi connectivity index (χ3n) is 2.45. The number of halogens is 1. The van der Waals surface area contributed by atoms with E-state index >= 15 is 0 Å². The van der Waals surface area contributed by atoms with Crippen LogP contribution in [0, 0.1) is 0 Å². The molecule has 15 heavy (non-hydrogen) atoms. The topological polar surface area (TPSA) is 35.5 Å². The summed E-state index contributed by atoms with van der Waals surface area (Å²) in [4.78, 5) is 0. The third kappa shape index (κ3) is 3.29. The summed E-state index contributed by atoms with van der Waals surface area (Å²) in [5.41, 5.74) is 0. The van der Waals surface area contributed by atoms with Gasteiger partial charge in [0.05, 0.1) is 0 Å². The predicted molar refractivity (Wildman–Crippen MR) is 59.5 cm³/mol. The van der Waals surface area contributed by atoms with E-state index in [-0.39, 0.29) is 0 Å². The lowest BCUT2D eigenvalue weighted by atomic mass is 10.4. The fourth-order valence-corrected chi connectivity index (χ4v) is 3.21. The van der Waals surface area contributed by atoms with E-state index in [1.54, 1.807) is 0 Å². The fraction of sp³-hybridized carbons (Fsp3) is 0.600. The average Bonchev–Trinajstić information content (AvgIpc) is 2.75. The second-order valence-electron chi connectivity index (χ2n) is 3.74. The van der Waals surface area contributed by atoms with Gasteiger partial charge in [-0.15, -0.1) is 0 Å². The van der Waals surface area contributed by atoms with Crippen molar-refractivity contribution >= 4 is 18.2 Å². The summed E-state index contributed by atoms with van der Waals surface area (Å²) in [5, 5.41) is 0. The van der Waals surface area contributed by atoms with Gasteiger partial charge in [0.15, 0.2) is 0 Å². The molecular formula is C10H14ClO3P. The molecule has 0 N–H and O–H groups in total. The van der Waals surface area contributed by atoms with Gasteiger partial charge in [-0.05, 0) is 37.8 Å². The highest BCUT2D eigenvalue weighted by molar-refractivity contribution is 7.81. The molecule has 2 aliphatic carbocycles. The Balaban J connectivity index is 1.91. The van der Waals surface area contributed by atoms with Crippen molar-refractivity contribution in [2.75, 3.05) is 0 Å². The molecule has 2 aliphatic rings. The van der Waals surface area contributed by atoms with Gasteiger partial charge in [0.2, 0.25) is 0 Å². The second kappa shape index (κ2) is 4.63. The predicted octanol–water partition coefficient (Wildman–Crippen LogP) is 4.50. The Morgan fingerprint density at radius 1 is 1.07 bits per heavy atom. The summed E-state index contributed by atoms with van der Waals surface area (Å²) in [7, 11) is 0. The first-order valence-electron chi connectivity index (χ1n) is 5.23. The maximum atomic E-state index is 11.8. The van der Waals surface area contributed by atoms with Crippen molar-refractivity contribution in [1.29, 1.82) is 0 Å². The highest BCUT2D eigenvalue weighted by Crippen LogP contribution is 2.58. The zero-order valence-electron chi connectivity index (χ0n) is 8.45. The van der Waals surface area contributed by atoms with Crippen LogP contribution in [0.5, 0.6) is 0 Å². The summed E-state index contributed by atoms with van der Waals surface area (Å²) < 4.78 is 22.1. The summed E-state index contributed by atoms with van der Waals surface area (Å²) >= 11 is 5.73. The summed E-state index contributed by atoms with van der Waals surface area (Å²) in [6.07, 6.45) is 9.45. The van der Waals surface area contributed by atoms with E-state index in [0.29, 0.717) is 11.5 Å². The lowest BCUT2D eigenvalue weighted by molar-refractivity contribution is 0.298. The van der Waals surface area contributed by atoms with Crippen LogP contribution in [0.3, 0.4) is 0 Å². The molecule has 0 saturated carbocycles. The number of hydrogen-bond donors (Lipinski definition) is 0. The van der Waals surface area contributed by atoms with Crippen LogP contribution in [0.25, 0.3) is 0 Å². The van der Waals surface area contributed by atoms with E-state index < -0.39 is 6.95 Å². The maximum absolute atomic E-state index is 11.8. The normalized spacial score (nSPS) is 21.1. The average molecular weight is 249 g/mol. The van der Waals surface area contributed by atoms with Gasteiger partial charge < -0.3 is 9.05 Å². The smallest absolute Gasteiger partial charge is 0.410 e. The first-order chi connectivity index (χ1) is 7.16. The highest BCUT2D eigenvalue weighted by atomic mass is 35.7. The highest BCUT2D eigenvalue weighted by Gasteiger charge is 2.28. The van der Waals surface area contributed by atoms with Gasteiger partial charge in [0.1, 0.15) is 11.5 Å². The van der Waals surface area contributed by atoms with Crippen LogP contribution < -0.4 is 0 Å². The lowest BCUT2D eigenvalue weighted by Gasteiger charge is -2.14. The van der Waals surface area contributed by atoms with Crippen LogP contribution in [0.2, 0.25) is 0 Å². The van der Waals surface area contributed by atoms with Crippen molar-refractivity contribution in [2.45, 2.75) is 38.5 Å². The number of allylic oxidation sites excluding steroid dienone is 4. The van der Waals surface area contributed by atoms with E-state index in [4.69, 9.17) is 20.3 Å². The van der Waals surface area contributed by atoms with Gasteiger partial charge in [0, 0.05) is 24.1 Å². The number of hydrogen-bond acceptors (Lipinski definition) is 3. The minimum atomic E-state index is -3.46. The molecule has 2 rings (SSSR count). The summed E-state index contributed by atoms with van der Waals surface area (Å²) in [6.45, 7) is -3.46. The Kier molecular flexibility index (Phi) is 3.42. The molecule has 0 radical (unpaired) electrons. The SMILES string of the molecule is O=P(Cl)(OC1=CCCC1)OC1=CCCC1. The van der Waals surface area contributed by atoms with Gasteiger partial charge in [-0.3, -0.25) is 0 Å². The Morgan fingerprint density at radius 2 is 1.53 bits per heavy atom. The van der Waals surface area contributed by atoms with E-state index in [9.17, 15) is 4.57 Å². The number of rotatable bonds is 4. The minimum Gasteiger partial charge on any atom is -0.410 e. The third-order valence-corrected chi connectivity index (χ3v) is 3.77. The molecular weight excluding hydrogens is 235 g/mol. The van der Waals surface area contributed by atoms with Crippen LogP contribution >= 0.6 is 18.2 Å². The van der Waals surface area contributed by atoms with E-state index in [2.05, 4.69) is 0 Å². The van der Waals surface area contributed by atoms with Gasteiger partial charge in [0.25, 0.3) is 0 Å². The fourth-order valence-electron chi connectivity index (χ4n) is 1.75. The molecule has 0 saturated heterocycles. The van der Waals surface area contributed by atoms with Crippen LogP contribution in [0.4, 0.5) is 0 Å². The second-order valence-corrected chi connectivity index (χ2v) is 6.21. The Bertz CT molecular complexity index is 319. The largest absolute Gasteiger partial charge is 0.529 e. The van der Waals surface area contributed by atoms with Crippen LogP contribution in [0.15, 0.2) is 23.7 Å². The summed E-state index contributed by atoms with van der Waals surface area (Å²) in [6, 6.07) is 0. The first kappa shape index (κ1) is 11.1. The minimum absolute atomic E-state index is 0.701. The molecule has 0 aromatic heterocycles. The zero-order valence-corrected chi connectivity index (χ0v) is 10.1. The Labute approximate surface area is 94.4 Å². The van der Waals surface area contributed by atoms with Crippen molar-refractivity contribution in [3.63, 3.8) is 0 Å². The van der Waals surface area contributed by atoms with Gasteiger partial charge in [-0.1, -0.05) is 0 Å². The van der Waals surface area contributed by atoms with Crippen LogP contribution in [0.1, 0.15) is 38.5 Å². The van der Waals surface area contributed by atoms with E-state index in [1.807, 2.05) is 12.2 Å². The van der Waals surface area contributed by atoms with Crippen molar-refractivity contribution in [1.82, 2.24) is 0 Å². The first-order valence-corrected chi connectivity index (χ1v) is 7.67. The summed E-state index contributed by atoms with van der Waals surface area (Å²) in [5.74, 6) is 1.40. The molecule has 0 spiro atoms. The van der Waals surface area contributed by atoms with Gasteiger partial charge in [-0.2, -0.15) is 0 Å². The quantitative estimate of drug-likeness (QED) is 0.687. The van der Waals surface area contributed by atoms with Crippen molar-refractivity contribution in [3.05, 3.63) is 23.7 Å². The van der Waals surface area contributed by atoms with Gasteiger partial charge >= 0.3 is 6.95 Å². The molecule has 0 fully saturated rings. The molecule has 0 aromatic rings. The van der Waals surface area contributed by atoms with Crippen molar-refractivity contribution in [3.8, 4) is 0 Å². The zero-order chi connectivity index (χ0) is 10.7. The van der Waals surface area contributed by atoms with Crippen molar-refractivity contribution in [2.24, 2.45) is 0 Å². The van der Waals surface area contributed by atoms with Gasteiger partial charge in [-0.25, -0.2) is 4.57 Å². The molecule has 84 valence electrons. The lowest BCUT2D eigenvalue weighted by Crippen LogP contribution is -1.89. The van der Waals surface area contributed by atoms with E-state index in [0.717, 1.165) is 38.5 Å². The molecule has 0 amide bonds. The Morgan fingerprint density at radius 3 is 1.87 bits per heavy atom. The van der Waals surface area contributed by atoms with Crippen LogP contribution in [-0.2, 0) is 13.6 Å². The molecule has 5 heteroatoms. The monoisotopic (exact) mass is 248 g/mol. The van der Waals surface area contributed by atoms with Crippen molar-refractivity contribution < 1.29 is 13.6 Å². The molecule has 0 heterocycles. The molecule has 0 bridgehead atoms. The molecule has 0 aromatic carbocycles. The van der Waals surface area contributed by atoms with Crippen LogP contribution in [-0.4, -0.2) is 0 Å². The molecule has 3 nitrogen and oxygen atoms in total. The maximum Gasteiger partial charge on any atom is 0.529 e. The molecule has 0 atom stereocenters. The molecule has 0 unspecified atom stereocenters. The van der Waals surface area contributed by atoms with E-state index in [1.165, 1.54) is 0 Å². The Hall–Kier alpha value is -0.400. The molecule has 0 aliphatic heterocycles. The standard InChI is InChI=1S/C10H14ClO3P/c11-15(12,13-9-5-1-2-6-9)14-10-7-3-4-8-10/h5,7H,1-4,6,8H2.